The Balaban J connectivity index is 2.33. The van der Waals surface area contributed by atoms with Crippen LogP contribution in [-0.4, -0.2) is 11.1 Å². The molecule has 0 saturated heterocycles. The third-order valence-electron chi connectivity index (χ3n) is 2.48. The summed E-state index contributed by atoms with van der Waals surface area (Å²) in [6.07, 6.45) is 0. The molecule has 0 unspecified atom stereocenters. The lowest BCUT2D eigenvalue weighted by Gasteiger charge is -2.09. The van der Waals surface area contributed by atoms with Crippen LogP contribution < -0.4 is 10.5 Å². The number of ether oxygens (including phenoxy) is 1. The summed E-state index contributed by atoms with van der Waals surface area (Å²) >= 11 is 0. The summed E-state index contributed by atoms with van der Waals surface area (Å²) in [7, 11) is 0. The maximum absolute atomic E-state index is 10.9. The number of hydrogen-bond acceptors (Lipinski definition) is 3. The zero-order chi connectivity index (χ0) is 13.1. The normalized spacial score (nSPS) is 10.1. The lowest BCUT2D eigenvalue weighted by molar-refractivity contribution is 0.0696. The van der Waals surface area contributed by atoms with Gasteiger partial charge in [0, 0.05) is 0 Å². The first-order chi connectivity index (χ1) is 8.56. The van der Waals surface area contributed by atoms with Gasteiger partial charge in [-0.25, -0.2) is 4.79 Å². The monoisotopic (exact) mass is 243 g/mol. The molecule has 92 valence electrons. The summed E-state index contributed by atoms with van der Waals surface area (Å²) in [5.41, 5.74) is 7.36. The summed E-state index contributed by atoms with van der Waals surface area (Å²) in [4.78, 5) is 10.9. The molecule has 0 spiro atoms. The van der Waals surface area contributed by atoms with E-state index in [0.29, 0.717) is 17.2 Å². The zero-order valence-corrected chi connectivity index (χ0v) is 9.88. The number of carboxylic acid groups (broad SMARTS) is 1. The van der Waals surface area contributed by atoms with Crippen LogP contribution in [0, 0.1) is 6.92 Å². The molecule has 2 aromatic carbocycles. The molecule has 3 N–H and O–H groups in total. The molecule has 0 fully saturated rings. The number of anilines is 1. The van der Waals surface area contributed by atoms with Crippen LogP contribution in [0.5, 0.6) is 11.5 Å². The average Bonchev–Trinajstić information content (AvgIpc) is 2.31. The van der Waals surface area contributed by atoms with Crippen molar-refractivity contribution in [1.82, 2.24) is 0 Å². The second-order valence-electron chi connectivity index (χ2n) is 3.98. The number of benzene rings is 2. The van der Waals surface area contributed by atoms with Gasteiger partial charge in [0.25, 0.3) is 0 Å². The Hall–Kier alpha value is -2.49. The largest absolute Gasteiger partial charge is 0.478 e. The van der Waals surface area contributed by atoms with Gasteiger partial charge < -0.3 is 15.6 Å². The van der Waals surface area contributed by atoms with Crippen molar-refractivity contribution < 1.29 is 14.6 Å². The minimum absolute atomic E-state index is 0.145. The van der Waals surface area contributed by atoms with Gasteiger partial charge in [-0.05, 0) is 42.8 Å². The quantitative estimate of drug-likeness (QED) is 0.812. The van der Waals surface area contributed by atoms with Crippen LogP contribution in [0.4, 0.5) is 5.69 Å². The first kappa shape index (κ1) is 12.0. The number of nitrogen functional groups attached to an aromatic ring is 1. The molecule has 0 aromatic heterocycles. The number of carboxylic acids is 1. The Morgan fingerprint density at radius 1 is 1.22 bits per heavy atom. The van der Waals surface area contributed by atoms with E-state index in [1.54, 1.807) is 6.07 Å². The molecule has 4 nitrogen and oxygen atoms in total. The third-order valence-corrected chi connectivity index (χ3v) is 2.48. The van der Waals surface area contributed by atoms with Gasteiger partial charge in [0.05, 0.1) is 11.3 Å². The van der Waals surface area contributed by atoms with E-state index < -0.39 is 5.97 Å². The van der Waals surface area contributed by atoms with Gasteiger partial charge in [0.2, 0.25) is 0 Å². The Bertz CT molecular complexity index is 593. The maximum Gasteiger partial charge on any atom is 0.335 e. The van der Waals surface area contributed by atoms with Gasteiger partial charge in [0.15, 0.2) is 5.75 Å². The van der Waals surface area contributed by atoms with Gasteiger partial charge >= 0.3 is 5.97 Å². The second-order valence-corrected chi connectivity index (χ2v) is 3.98. The van der Waals surface area contributed by atoms with Gasteiger partial charge in [-0.15, -0.1) is 0 Å². The fraction of sp³-hybridized carbons (Fsp3) is 0.0714. The van der Waals surface area contributed by atoms with Crippen LogP contribution in [0.3, 0.4) is 0 Å². The van der Waals surface area contributed by atoms with Crippen molar-refractivity contribution in [3.63, 3.8) is 0 Å². The predicted octanol–water partition coefficient (Wildman–Crippen LogP) is 3.07. The first-order valence-electron chi connectivity index (χ1n) is 5.43. The molecular weight excluding hydrogens is 230 g/mol. The van der Waals surface area contributed by atoms with Crippen LogP contribution >= 0.6 is 0 Å². The zero-order valence-electron chi connectivity index (χ0n) is 9.88. The van der Waals surface area contributed by atoms with Gasteiger partial charge in [0.1, 0.15) is 5.75 Å². The molecule has 2 aromatic rings. The second kappa shape index (κ2) is 4.79. The van der Waals surface area contributed by atoms with E-state index in [1.165, 1.54) is 18.2 Å². The SMILES string of the molecule is Cc1cccc(Oc2cc(C(=O)O)ccc2N)c1. The molecular formula is C14H13NO3. The summed E-state index contributed by atoms with van der Waals surface area (Å²) < 4.78 is 5.59. The van der Waals surface area contributed by atoms with E-state index in [9.17, 15) is 4.79 Å². The van der Waals surface area contributed by atoms with Crippen LogP contribution in [-0.2, 0) is 0 Å². The van der Waals surface area contributed by atoms with Gasteiger partial charge in [-0.3, -0.25) is 0 Å². The van der Waals surface area contributed by atoms with E-state index in [-0.39, 0.29) is 5.56 Å². The molecule has 0 amide bonds. The Labute approximate surface area is 105 Å². The third kappa shape index (κ3) is 2.60. The number of aromatic carboxylic acids is 1. The lowest BCUT2D eigenvalue weighted by atomic mass is 10.2. The molecule has 0 aliphatic heterocycles. The van der Waals surface area contributed by atoms with Crippen molar-refractivity contribution in [2.24, 2.45) is 0 Å². The van der Waals surface area contributed by atoms with Crippen molar-refractivity contribution in [1.29, 1.82) is 0 Å². The summed E-state index contributed by atoms with van der Waals surface area (Å²) in [6.45, 7) is 1.95. The summed E-state index contributed by atoms with van der Waals surface area (Å²) in [6, 6.07) is 11.8. The van der Waals surface area contributed by atoms with E-state index in [2.05, 4.69) is 0 Å². The van der Waals surface area contributed by atoms with Crippen molar-refractivity contribution >= 4 is 11.7 Å². The number of aryl methyl sites for hydroxylation is 1. The van der Waals surface area contributed by atoms with Crippen LogP contribution in [0.25, 0.3) is 0 Å². The molecule has 4 heteroatoms. The smallest absolute Gasteiger partial charge is 0.335 e. The van der Waals surface area contributed by atoms with E-state index in [4.69, 9.17) is 15.6 Å². The fourth-order valence-corrected chi connectivity index (χ4v) is 1.56. The van der Waals surface area contributed by atoms with Crippen LogP contribution in [0.15, 0.2) is 42.5 Å². The van der Waals surface area contributed by atoms with Crippen LogP contribution in [0.2, 0.25) is 0 Å². The minimum Gasteiger partial charge on any atom is -0.478 e. The lowest BCUT2D eigenvalue weighted by Crippen LogP contribution is -1.99. The molecule has 0 atom stereocenters. The maximum atomic E-state index is 10.9. The molecule has 0 aliphatic carbocycles. The fourth-order valence-electron chi connectivity index (χ4n) is 1.56. The highest BCUT2D eigenvalue weighted by Gasteiger charge is 2.08. The molecule has 2 rings (SSSR count). The Morgan fingerprint density at radius 2 is 2.00 bits per heavy atom. The average molecular weight is 243 g/mol. The molecule has 0 heterocycles. The highest BCUT2D eigenvalue weighted by Crippen LogP contribution is 2.28. The molecule has 0 bridgehead atoms. The van der Waals surface area contributed by atoms with E-state index >= 15 is 0 Å². The standard InChI is InChI=1S/C14H13NO3/c1-9-3-2-4-11(7-9)18-13-8-10(14(16)17)5-6-12(13)15/h2-8H,15H2,1H3,(H,16,17). The van der Waals surface area contributed by atoms with Crippen molar-refractivity contribution in [2.45, 2.75) is 6.92 Å². The molecule has 0 saturated carbocycles. The van der Waals surface area contributed by atoms with Crippen LogP contribution in [0.1, 0.15) is 15.9 Å². The first-order valence-corrected chi connectivity index (χ1v) is 5.43. The highest BCUT2D eigenvalue weighted by molar-refractivity contribution is 5.89. The molecule has 18 heavy (non-hydrogen) atoms. The van der Waals surface area contributed by atoms with Gasteiger partial charge in [-0.1, -0.05) is 12.1 Å². The number of carbonyl (C=O) groups is 1. The van der Waals surface area contributed by atoms with E-state index in [1.807, 2.05) is 25.1 Å². The predicted molar refractivity (Wildman–Crippen MR) is 69.1 cm³/mol. The minimum atomic E-state index is -1.01. The summed E-state index contributed by atoms with van der Waals surface area (Å²) in [5.74, 6) is -0.0335. The van der Waals surface area contributed by atoms with E-state index in [0.717, 1.165) is 5.56 Å². The van der Waals surface area contributed by atoms with Gasteiger partial charge in [-0.2, -0.15) is 0 Å². The molecule has 0 aliphatic rings. The van der Waals surface area contributed by atoms with Crippen molar-refractivity contribution in [3.8, 4) is 11.5 Å². The topological polar surface area (TPSA) is 72.5 Å². The Morgan fingerprint density at radius 3 is 2.67 bits per heavy atom. The van der Waals surface area contributed by atoms with Crippen molar-refractivity contribution in [2.75, 3.05) is 5.73 Å². The number of nitrogens with two attached hydrogens (primary N) is 1. The molecule has 0 radical (unpaired) electrons. The number of hydrogen-bond donors (Lipinski definition) is 2. The highest BCUT2D eigenvalue weighted by atomic mass is 16.5. The summed E-state index contributed by atoms with van der Waals surface area (Å²) in [5, 5.41) is 8.91. The Kier molecular flexibility index (Phi) is 3.19. The number of rotatable bonds is 3. The van der Waals surface area contributed by atoms with Crippen molar-refractivity contribution in [3.05, 3.63) is 53.6 Å².